The van der Waals surface area contributed by atoms with E-state index in [0.29, 0.717) is 41.1 Å². The number of methoxy groups -OCH3 is 3. The maximum atomic E-state index is 12.0. The molecule has 2 N–H and O–H groups in total. The normalized spacial score (nSPS) is 10.4. The van der Waals surface area contributed by atoms with Crippen LogP contribution in [0, 0.1) is 5.92 Å². The van der Waals surface area contributed by atoms with Gasteiger partial charge in [-0.15, -0.1) is 0 Å². The van der Waals surface area contributed by atoms with Gasteiger partial charge in [0.25, 0.3) is 5.91 Å². The first kappa shape index (κ1) is 19.4. The van der Waals surface area contributed by atoms with Gasteiger partial charge in [0.05, 0.1) is 26.9 Å². The van der Waals surface area contributed by atoms with Crippen molar-refractivity contribution in [2.45, 2.75) is 13.8 Å². The van der Waals surface area contributed by atoms with Gasteiger partial charge >= 0.3 is 0 Å². The van der Waals surface area contributed by atoms with Crippen molar-refractivity contribution in [3.63, 3.8) is 0 Å². The molecule has 0 fully saturated rings. The summed E-state index contributed by atoms with van der Waals surface area (Å²) < 4.78 is 16.0. The third-order valence-electron chi connectivity index (χ3n) is 3.63. The largest absolute Gasteiger partial charge is 0.493 e. The summed E-state index contributed by atoms with van der Waals surface area (Å²) in [4.78, 5) is 16.3. The molecule has 1 aromatic carbocycles. The van der Waals surface area contributed by atoms with E-state index in [4.69, 9.17) is 14.2 Å². The fraction of sp³-hybridized carbons (Fsp3) is 0.368. The van der Waals surface area contributed by atoms with Gasteiger partial charge in [0.1, 0.15) is 5.82 Å². The Hall–Kier alpha value is -2.96. The first-order chi connectivity index (χ1) is 12.5. The van der Waals surface area contributed by atoms with E-state index < -0.39 is 0 Å². The van der Waals surface area contributed by atoms with Crippen molar-refractivity contribution in [3.05, 3.63) is 36.0 Å². The lowest BCUT2D eigenvalue weighted by molar-refractivity contribution is 0.0948. The number of pyridine rings is 1. The van der Waals surface area contributed by atoms with Crippen LogP contribution in [-0.2, 0) is 0 Å². The van der Waals surface area contributed by atoms with Crippen molar-refractivity contribution in [1.82, 2.24) is 10.3 Å². The molecule has 7 heteroatoms. The van der Waals surface area contributed by atoms with Crippen LogP contribution in [0.5, 0.6) is 17.2 Å². The number of carbonyl (C=O) groups excluding carboxylic acids is 1. The summed E-state index contributed by atoms with van der Waals surface area (Å²) in [5.74, 6) is 2.46. The number of carbonyl (C=O) groups is 1. The highest BCUT2D eigenvalue weighted by Crippen LogP contribution is 2.40. The molecule has 26 heavy (non-hydrogen) atoms. The molecule has 0 atom stereocenters. The number of nitrogens with one attached hydrogen (secondary N) is 2. The van der Waals surface area contributed by atoms with E-state index in [9.17, 15) is 4.79 Å². The van der Waals surface area contributed by atoms with Gasteiger partial charge in [-0.1, -0.05) is 13.8 Å². The van der Waals surface area contributed by atoms with Crippen molar-refractivity contribution >= 4 is 17.4 Å². The zero-order valence-corrected chi connectivity index (χ0v) is 15.8. The first-order valence-electron chi connectivity index (χ1n) is 8.29. The standard InChI is InChI=1S/C19H25N3O4/c1-12(2)10-21-19(23)13-6-7-17(20-11-13)22-14-8-15(24-3)18(26-5)16(9-14)25-4/h6-9,11-12H,10H2,1-5H3,(H,20,22)(H,21,23). The summed E-state index contributed by atoms with van der Waals surface area (Å²) >= 11 is 0. The van der Waals surface area contributed by atoms with Crippen LogP contribution in [0.4, 0.5) is 11.5 Å². The molecule has 2 aromatic rings. The summed E-state index contributed by atoms with van der Waals surface area (Å²) in [5.41, 5.74) is 1.24. The minimum Gasteiger partial charge on any atom is -0.493 e. The van der Waals surface area contributed by atoms with Gasteiger partial charge in [-0.2, -0.15) is 0 Å². The summed E-state index contributed by atoms with van der Waals surface area (Å²) in [6.45, 7) is 4.72. The number of benzene rings is 1. The van der Waals surface area contributed by atoms with Gasteiger partial charge < -0.3 is 24.8 Å². The van der Waals surface area contributed by atoms with Gasteiger partial charge in [-0.3, -0.25) is 4.79 Å². The Morgan fingerprint density at radius 1 is 1.08 bits per heavy atom. The number of hydrogen-bond donors (Lipinski definition) is 2. The minimum atomic E-state index is -0.134. The molecule has 0 aliphatic carbocycles. The second kappa shape index (κ2) is 8.94. The van der Waals surface area contributed by atoms with E-state index in [2.05, 4.69) is 15.6 Å². The molecule has 0 saturated carbocycles. The number of rotatable bonds is 8. The van der Waals surface area contributed by atoms with Crippen LogP contribution < -0.4 is 24.8 Å². The van der Waals surface area contributed by atoms with E-state index in [0.717, 1.165) is 5.69 Å². The maximum absolute atomic E-state index is 12.0. The molecule has 0 spiro atoms. The highest BCUT2D eigenvalue weighted by molar-refractivity contribution is 5.94. The SMILES string of the molecule is COc1cc(Nc2ccc(C(=O)NCC(C)C)cn2)cc(OC)c1OC. The number of nitrogens with zero attached hydrogens (tertiary/aromatic N) is 1. The van der Waals surface area contributed by atoms with Gasteiger partial charge in [-0.25, -0.2) is 4.98 Å². The van der Waals surface area contributed by atoms with Crippen molar-refractivity contribution in [2.24, 2.45) is 5.92 Å². The Balaban J connectivity index is 2.15. The molecule has 0 aliphatic rings. The number of aromatic nitrogens is 1. The quantitative estimate of drug-likeness (QED) is 0.753. The number of hydrogen-bond acceptors (Lipinski definition) is 6. The molecule has 0 radical (unpaired) electrons. The van der Waals surface area contributed by atoms with Crippen LogP contribution in [0.15, 0.2) is 30.5 Å². The van der Waals surface area contributed by atoms with Crippen molar-refractivity contribution in [1.29, 1.82) is 0 Å². The molecular formula is C19H25N3O4. The Labute approximate surface area is 153 Å². The molecule has 0 unspecified atom stereocenters. The highest BCUT2D eigenvalue weighted by Gasteiger charge is 2.14. The lowest BCUT2D eigenvalue weighted by atomic mass is 10.2. The van der Waals surface area contributed by atoms with Crippen LogP contribution in [0.1, 0.15) is 24.2 Å². The number of ether oxygens (including phenoxy) is 3. The lowest BCUT2D eigenvalue weighted by Crippen LogP contribution is -2.27. The van der Waals surface area contributed by atoms with Crippen molar-refractivity contribution in [3.8, 4) is 17.2 Å². The predicted molar refractivity (Wildman–Crippen MR) is 101 cm³/mol. The van der Waals surface area contributed by atoms with Crippen LogP contribution >= 0.6 is 0 Å². The molecule has 7 nitrogen and oxygen atoms in total. The molecule has 1 amide bonds. The summed E-state index contributed by atoms with van der Waals surface area (Å²) in [5, 5.41) is 6.03. The molecular weight excluding hydrogens is 334 g/mol. The molecule has 140 valence electrons. The molecule has 0 saturated heterocycles. The fourth-order valence-electron chi connectivity index (χ4n) is 2.30. The Bertz CT molecular complexity index is 720. The lowest BCUT2D eigenvalue weighted by Gasteiger charge is -2.15. The number of amides is 1. The third-order valence-corrected chi connectivity index (χ3v) is 3.63. The predicted octanol–water partition coefficient (Wildman–Crippen LogP) is 3.24. The van der Waals surface area contributed by atoms with Gasteiger partial charge in [0.15, 0.2) is 11.5 Å². The highest BCUT2D eigenvalue weighted by atomic mass is 16.5. The van der Waals surface area contributed by atoms with Gasteiger partial charge in [0.2, 0.25) is 5.75 Å². The summed E-state index contributed by atoms with van der Waals surface area (Å²) in [6.07, 6.45) is 1.54. The first-order valence-corrected chi connectivity index (χ1v) is 8.29. The molecule has 1 aromatic heterocycles. The summed E-state index contributed by atoms with van der Waals surface area (Å²) in [7, 11) is 4.67. The average molecular weight is 359 g/mol. The molecule has 0 bridgehead atoms. The van der Waals surface area contributed by atoms with E-state index in [1.807, 2.05) is 13.8 Å². The molecule has 1 heterocycles. The Morgan fingerprint density at radius 2 is 1.73 bits per heavy atom. The number of anilines is 2. The molecule has 2 rings (SSSR count). The zero-order chi connectivity index (χ0) is 19.1. The second-order valence-electron chi connectivity index (χ2n) is 6.08. The smallest absolute Gasteiger partial charge is 0.252 e. The van der Waals surface area contributed by atoms with E-state index in [1.165, 1.54) is 6.20 Å². The van der Waals surface area contributed by atoms with Crippen LogP contribution in [0.3, 0.4) is 0 Å². The topological polar surface area (TPSA) is 81.7 Å². The van der Waals surface area contributed by atoms with Crippen molar-refractivity contribution in [2.75, 3.05) is 33.2 Å². The maximum Gasteiger partial charge on any atom is 0.252 e. The van der Waals surface area contributed by atoms with Crippen LogP contribution in [-0.4, -0.2) is 38.8 Å². The fourth-order valence-corrected chi connectivity index (χ4v) is 2.30. The zero-order valence-electron chi connectivity index (χ0n) is 15.8. The average Bonchev–Trinajstić information content (AvgIpc) is 2.65. The summed E-state index contributed by atoms with van der Waals surface area (Å²) in [6, 6.07) is 7.04. The van der Waals surface area contributed by atoms with Gasteiger partial charge in [0, 0.05) is 30.6 Å². The van der Waals surface area contributed by atoms with E-state index >= 15 is 0 Å². The Kier molecular flexibility index (Phi) is 6.66. The van der Waals surface area contributed by atoms with Crippen molar-refractivity contribution < 1.29 is 19.0 Å². The van der Waals surface area contributed by atoms with Crippen LogP contribution in [0.25, 0.3) is 0 Å². The van der Waals surface area contributed by atoms with Crippen LogP contribution in [0.2, 0.25) is 0 Å². The Morgan fingerprint density at radius 3 is 2.19 bits per heavy atom. The minimum absolute atomic E-state index is 0.134. The third kappa shape index (κ3) is 4.78. The van der Waals surface area contributed by atoms with Gasteiger partial charge in [-0.05, 0) is 18.1 Å². The molecule has 0 aliphatic heterocycles. The van der Waals surface area contributed by atoms with E-state index in [-0.39, 0.29) is 5.91 Å². The second-order valence-corrected chi connectivity index (χ2v) is 6.08. The monoisotopic (exact) mass is 359 g/mol. The van der Waals surface area contributed by atoms with E-state index in [1.54, 1.807) is 45.6 Å².